The van der Waals surface area contributed by atoms with E-state index in [9.17, 15) is 0 Å². The van der Waals surface area contributed by atoms with Crippen molar-refractivity contribution in [3.05, 3.63) is 41.2 Å². The molecular weight excluding hydrogens is 242 g/mol. The Kier molecular flexibility index (Phi) is 4.07. The van der Waals surface area contributed by atoms with Gasteiger partial charge in [-0.1, -0.05) is 41.1 Å². The molecule has 2 aromatic rings. The summed E-state index contributed by atoms with van der Waals surface area (Å²) in [6.45, 7) is 8.56. The Morgan fingerprint density at radius 2 is 1.83 bits per heavy atom. The molecule has 1 aromatic heterocycles. The van der Waals surface area contributed by atoms with Crippen LogP contribution < -0.4 is 0 Å². The lowest BCUT2D eigenvalue weighted by Crippen LogP contribution is -2.01. The van der Waals surface area contributed by atoms with Crippen LogP contribution in [-0.4, -0.2) is 14.8 Å². The molecule has 0 saturated heterocycles. The van der Waals surface area contributed by atoms with Gasteiger partial charge in [-0.15, -0.1) is 10.2 Å². The SMILES string of the molecule is Cc1cc(C)cc(CSc2nncn2C(C)C)c1. The normalized spacial score (nSPS) is 11.2. The first-order valence-electron chi connectivity index (χ1n) is 6.15. The topological polar surface area (TPSA) is 30.7 Å². The van der Waals surface area contributed by atoms with Gasteiger partial charge in [-0.25, -0.2) is 0 Å². The summed E-state index contributed by atoms with van der Waals surface area (Å²) in [5, 5.41) is 9.15. The molecule has 0 fully saturated rings. The van der Waals surface area contributed by atoms with Crippen molar-refractivity contribution in [3.8, 4) is 0 Å². The molecule has 0 radical (unpaired) electrons. The summed E-state index contributed by atoms with van der Waals surface area (Å²) in [6.07, 6.45) is 1.80. The maximum atomic E-state index is 4.17. The van der Waals surface area contributed by atoms with Crippen LogP contribution in [-0.2, 0) is 5.75 Å². The van der Waals surface area contributed by atoms with Gasteiger partial charge in [-0.3, -0.25) is 0 Å². The van der Waals surface area contributed by atoms with Crippen LogP contribution in [0.4, 0.5) is 0 Å². The molecule has 1 heterocycles. The smallest absolute Gasteiger partial charge is 0.191 e. The number of thioether (sulfide) groups is 1. The molecule has 0 bridgehead atoms. The number of aromatic nitrogens is 3. The summed E-state index contributed by atoms with van der Waals surface area (Å²) in [5.41, 5.74) is 3.97. The van der Waals surface area contributed by atoms with Gasteiger partial charge in [0.05, 0.1) is 0 Å². The maximum absolute atomic E-state index is 4.17. The molecule has 0 unspecified atom stereocenters. The average molecular weight is 261 g/mol. The van der Waals surface area contributed by atoms with Crippen LogP contribution in [0.25, 0.3) is 0 Å². The Bertz CT molecular complexity index is 511. The Morgan fingerprint density at radius 1 is 1.17 bits per heavy atom. The van der Waals surface area contributed by atoms with Gasteiger partial charge in [-0.05, 0) is 33.3 Å². The Labute approximate surface area is 113 Å². The highest BCUT2D eigenvalue weighted by Gasteiger charge is 2.08. The number of aryl methyl sites for hydroxylation is 2. The number of rotatable bonds is 4. The summed E-state index contributed by atoms with van der Waals surface area (Å²) in [4.78, 5) is 0. The van der Waals surface area contributed by atoms with Crippen molar-refractivity contribution in [2.75, 3.05) is 0 Å². The van der Waals surface area contributed by atoms with Crippen molar-refractivity contribution in [1.82, 2.24) is 14.8 Å². The summed E-state index contributed by atoms with van der Waals surface area (Å²) >= 11 is 1.74. The van der Waals surface area contributed by atoms with E-state index in [0.29, 0.717) is 6.04 Å². The minimum Gasteiger partial charge on any atom is -0.306 e. The fraction of sp³-hybridized carbons (Fsp3) is 0.429. The van der Waals surface area contributed by atoms with Crippen LogP contribution in [0.5, 0.6) is 0 Å². The molecule has 2 rings (SSSR count). The van der Waals surface area contributed by atoms with Crippen molar-refractivity contribution in [1.29, 1.82) is 0 Å². The van der Waals surface area contributed by atoms with Crippen LogP contribution in [0, 0.1) is 13.8 Å². The zero-order valence-corrected chi connectivity index (χ0v) is 12.2. The van der Waals surface area contributed by atoms with E-state index in [0.717, 1.165) is 10.9 Å². The van der Waals surface area contributed by atoms with E-state index in [-0.39, 0.29) is 0 Å². The van der Waals surface area contributed by atoms with Crippen LogP contribution >= 0.6 is 11.8 Å². The fourth-order valence-corrected chi connectivity index (χ4v) is 2.96. The van der Waals surface area contributed by atoms with Crippen LogP contribution in [0.3, 0.4) is 0 Å². The van der Waals surface area contributed by atoms with Crippen molar-refractivity contribution >= 4 is 11.8 Å². The minimum absolute atomic E-state index is 0.404. The molecule has 0 aliphatic carbocycles. The monoisotopic (exact) mass is 261 g/mol. The standard InChI is InChI=1S/C14H19N3S/c1-10(2)17-9-15-16-14(17)18-8-13-6-11(3)5-12(4)7-13/h5-7,9-10H,8H2,1-4H3. The predicted molar refractivity (Wildman–Crippen MR) is 75.9 cm³/mol. The molecular formula is C14H19N3S. The van der Waals surface area contributed by atoms with Gasteiger partial charge in [0.25, 0.3) is 0 Å². The molecule has 3 nitrogen and oxygen atoms in total. The van der Waals surface area contributed by atoms with Crippen LogP contribution in [0.1, 0.15) is 36.6 Å². The highest BCUT2D eigenvalue weighted by Crippen LogP contribution is 2.23. The van der Waals surface area contributed by atoms with Crippen molar-refractivity contribution in [2.24, 2.45) is 0 Å². The van der Waals surface area contributed by atoms with E-state index in [4.69, 9.17) is 0 Å². The zero-order chi connectivity index (χ0) is 13.1. The second-order valence-electron chi connectivity index (χ2n) is 4.90. The third-order valence-corrected chi connectivity index (χ3v) is 3.77. The molecule has 0 saturated carbocycles. The number of nitrogens with zero attached hydrogens (tertiary/aromatic N) is 3. The van der Waals surface area contributed by atoms with E-state index >= 15 is 0 Å². The minimum atomic E-state index is 0.404. The molecule has 4 heteroatoms. The number of benzene rings is 1. The summed E-state index contributed by atoms with van der Waals surface area (Å²) < 4.78 is 2.10. The van der Waals surface area contributed by atoms with Gasteiger partial charge in [0.2, 0.25) is 0 Å². The van der Waals surface area contributed by atoms with E-state index in [1.807, 2.05) is 0 Å². The number of hydrogen-bond donors (Lipinski definition) is 0. The average Bonchev–Trinajstić information content (AvgIpc) is 2.73. The van der Waals surface area contributed by atoms with Gasteiger partial charge in [0.1, 0.15) is 6.33 Å². The molecule has 18 heavy (non-hydrogen) atoms. The Balaban J connectivity index is 2.09. The predicted octanol–water partition coefficient (Wildman–Crippen LogP) is 3.77. The van der Waals surface area contributed by atoms with Crippen molar-refractivity contribution in [2.45, 2.75) is 44.6 Å². The van der Waals surface area contributed by atoms with Crippen LogP contribution in [0.2, 0.25) is 0 Å². The number of hydrogen-bond acceptors (Lipinski definition) is 3. The van der Waals surface area contributed by atoms with E-state index in [2.05, 4.69) is 60.7 Å². The van der Waals surface area contributed by atoms with Gasteiger partial charge in [0.15, 0.2) is 5.16 Å². The molecule has 0 aliphatic heterocycles. The Hall–Kier alpha value is -1.29. The molecule has 0 spiro atoms. The lowest BCUT2D eigenvalue weighted by atomic mass is 10.1. The third kappa shape index (κ3) is 3.13. The first kappa shape index (κ1) is 13.1. The summed E-state index contributed by atoms with van der Waals surface area (Å²) in [7, 11) is 0. The zero-order valence-electron chi connectivity index (χ0n) is 11.3. The fourth-order valence-electron chi connectivity index (χ4n) is 1.99. The molecule has 0 aliphatic rings. The largest absolute Gasteiger partial charge is 0.306 e. The molecule has 0 amide bonds. The first-order valence-corrected chi connectivity index (χ1v) is 7.14. The second kappa shape index (κ2) is 5.57. The molecule has 96 valence electrons. The van der Waals surface area contributed by atoms with Gasteiger partial charge in [-0.2, -0.15) is 0 Å². The molecule has 0 N–H and O–H groups in total. The third-order valence-electron chi connectivity index (χ3n) is 2.75. The lowest BCUT2D eigenvalue weighted by Gasteiger charge is -2.09. The van der Waals surface area contributed by atoms with E-state index in [1.54, 1.807) is 18.1 Å². The molecule has 1 aromatic carbocycles. The quantitative estimate of drug-likeness (QED) is 0.785. The Morgan fingerprint density at radius 3 is 2.44 bits per heavy atom. The first-order chi connectivity index (χ1) is 8.56. The summed E-state index contributed by atoms with van der Waals surface area (Å²) in [5.74, 6) is 0.938. The van der Waals surface area contributed by atoms with Crippen LogP contribution in [0.15, 0.2) is 29.7 Å². The molecule has 0 atom stereocenters. The maximum Gasteiger partial charge on any atom is 0.191 e. The second-order valence-corrected chi connectivity index (χ2v) is 5.84. The highest BCUT2D eigenvalue weighted by molar-refractivity contribution is 7.98. The van der Waals surface area contributed by atoms with Crippen molar-refractivity contribution in [3.63, 3.8) is 0 Å². The summed E-state index contributed by atoms with van der Waals surface area (Å²) in [6, 6.07) is 7.07. The van der Waals surface area contributed by atoms with Gasteiger partial charge < -0.3 is 4.57 Å². The van der Waals surface area contributed by atoms with Crippen molar-refractivity contribution < 1.29 is 0 Å². The van der Waals surface area contributed by atoms with Gasteiger partial charge in [0, 0.05) is 11.8 Å². The highest BCUT2D eigenvalue weighted by atomic mass is 32.2. The lowest BCUT2D eigenvalue weighted by molar-refractivity contribution is 0.549. The van der Waals surface area contributed by atoms with E-state index in [1.165, 1.54) is 16.7 Å². The van der Waals surface area contributed by atoms with Gasteiger partial charge >= 0.3 is 0 Å². The van der Waals surface area contributed by atoms with E-state index < -0.39 is 0 Å².